The third kappa shape index (κ3) is 4.77. The van der Waals surface area contributed by atoms with Crippen LogP contribution in [-0.2, 0) is 0 Å². The van der Waals surface area contributed by atoms with Crippen LogP contribution < -0.4 is 10.6 Å². The summed E-state index contributed by atoms with van der Waals surface area (Å²) in [5.74, 6) is -0.945. The molecule has 4 aromatic rings. The van der Waals surface area contributed by atoms with Gasteiger partial charge in [0.1, 0.15) is 0 Å². The number of para-hydroxylation sites is 1. The summed E-state index contributed by atoms with van der Waals surface area (Å²) in [7, 11) is 0. The third-order valence-electron chi connectivity index (χ3n) is 4.74. The number of aromatic nitrogens is 3. The van der Waals surface area contributed by atoms with Gasteiger partial charge in [-0.15, -0.1) is 0 Å². The predicted octanol–water partition coefficient (Wildman–Crippen LogP) is 4.27. The Balaban J connectivity index is 1.54. The Hall–Kier alpha value is -3.75. The van der Waals surface area contributed by atoms with Crippen molar-refractivity contribution in [3.05, 3.63) is 101 Å². The van der Waals surface area contributed by atoms with Crippen molar-refractivity contribution in [2.24, 2.45) is 0 Å². The first-order valence-electron chi connectivity index (χ1n) is 9.74. The summed E-state index contributed by atoms with van der Waals surface area (Å²) in [5, 5.41) is 15.9. The molecule has 0 aliphatic heterocycles. The van der Waals surface area contributed by atoms with Crippen LogP contribution in [0.15, 0.2) is 79.3 Å². The van der Waals surface area contributed by atoms with Gasteiger partial charge in [0.15, 0.2) is 11.6 Å². The molecule has 0 radical (unpaired) electrons. The molecule has 9 heteroatoms. The molecular weight excluding hydrogens is 433 g/mol. The van der Waals surface area contributed by atoms with Crippen LogP contribution in [0.1, 0.15) is 22.0 Å². The van der Waals surface area contributed by atoms with Gasteiger partial charge < -0.3 is 20.3 Å². The van der Waals surface area contributed by atoms with Crippen LogP contribution in [0.4, 0.5) is 16.0 Å². The van der Waals surface area contributed by atoms with Crippen LogP contribution in [0, 0.1) is 5.82 Å². The largest absolute Gasteiger partial charge is 0.394 e. The number of hydrogen-bond donors (Lipinski definition) is 3. The molecule has 3 N–H and O–H groups in total. The van der Waals surface area contributed by atoms with Crippen LogP contribution in [-0.4, -0.2) is 32.2 Å². The van der Waals surface area contributed by atoms with E-state index >= 15 is 0 Å². The fourth-order valence-corrected chi connectivity index (χ4v) is 3.29. The lowest BCUT2D eigenvalue weighted by molar-refractivity contribution is 0.0916. The van der Waals surface area contributed by atoms with E-state index in [4.69, 9.17) is 11.6 Å². The first-order valence-corrected chi connectivity index (χ1v) is 10.1. The Morgan fingerprint density at radius 2 is 1.88 bits per heavy atom. The van der Waals surface area contributed by atoms with Gasteiger partial charge in [0, 0.05) is 12.4 Å². The summed E-state index contributed by atoms with van der Waals surface area (Å²) in [6, 6.07) is 17.2. The summed E-state index contributed by atoms with van der Waals surface area (Å²) in [5.41, 5.74) is 1.65. The zero-order valence-corrected chi connectivity index (χ0v) is 17.5. The van der Waals surface area contributed by atoms with E-state index in [-0.39, 0.29) is 23.9 Å². The monoisotopic (exact) mass is 451 g/mol. The molecule has 1 unspecified atom stereocenters. The highest BCUT2D eigenvalue weighted by Gasteiger charge is 2.17. The van der Waals surface area contributed by atoms with Gasteiger partial charge in [0.05, 0.1) is 35.1 Å². The summed E-state index contributed by atoms with van der Waals surface area (Å²) in [6.45, 7) is -0.256. The standard InChI is InChI=1S/C23H19ClFN5O2/c24-17-8-4-5-9-19(17)28-23-26-12-18(25)21(29-23)30-11-10-16(13-30)22(32)27-20(14-31)15-6-2-1-3-7-15/h1-13,20,31H,14H2,(H,27,32)(H,26,28,29). The molecule has 162 valence electrons. The molecule has 0 spiro atoms. The smallest absolute Gasteiger partial charge is 0.253 e. The topological polar surface area (TPSA) is 92.1 Å². The first-order chi connectivity index (χ1) is 15.5. The minimum absolute atomic E-state index is 0.0321. The molecule has 0 aliphatic rings. The minimum atomic E-state index is -0.658. The van der Waals surface area contributed by atoms with Gasteiger partial charge in [-0.25, -0.2) is 9.37 Å². The van der Waals surface area contributed by atoms with Gasteiger partial charge in [-0.1, -0.05) is 54.1 Å². The number of nitrogens with one attached hydrogen (secondary N) is 2. The van der Waals surface area contributed by atoms with Crippen molar-refractivity contribution in [2.45, 2.75) is 6.04 Å². The number of halogens is 2. The molecular formula is C23H19ClFN5O2. The number of benzene rings is 2. The quantitative estimate of drug-likeness (QED) is 0.390. The minimum Gasteiger partial charge on any atom is -0.394 e. The molecule has 2 aromatic heterocycles. The maximum atomic E-state index is 14.4. The van der Waals surface area contributed by atoms with Crippen LogP contribution in [0.2, 0.25) is 5.02 Å². The highest BCUT2D eigenvalue weighted by atomic mass is 35.5. The van der Waals surface area contributed by atoms with Crippen LogP contribution >= 0.6 is 11.6 Å². The molecule has 0 bridgehead atoms. The maximum Gasteiger partial charge on any atom is 0.253 e. The lowest BCUT2D eigenvalue weighted by atomic mass is 10.1. The Morgan fingerprint density at radius 1 is 1.12 bits per heavy atom. The van der Waals surface area contributed by atoms with E-state index in [1.807, 2.05) is 30.3 Å². The van der Waals surface area contributed by atoms with Crippen LogP contribution in [0.5, 0.6) is 0 Å². The van der Waals surface area contributed by atoms with Crippen molar-refractivity contribution < 1.29 is 14.3 Å². The van der Waals surface area contributed by atoms with E-state index in [1.165, 1.54) is 23.0 Å². The van der Waals surface area contributed by atoms with Gasteiger partial charge in [-0.05, 0) is 23.8 Å². The molecule has 1 atom stereocenters. The number of rotatable bonds is 7. The third-order valence-corrected chi connectivity index (χ3v) is 5.06. The number of carbonyl (C=O) groups is 1. The second-order valence-corrected chi connectivity index (χ2v) is 7.30. The zero-order valence-electron chi connectivity index (χ0n) is 16.7. The molecule has 0 saturated heterocycles. The molecule has 0 fully saturated rings. The predicted molar refractivity (Wildman–Crippen MR) is 120 cm³/mol. The molecule has 4 rings (SSSR count). The van der Waals surface area contributed by atoms with Gasteiger partial charge in [0.2, 0.25) is 5.95 Å². The fourth-order valence-electron chi connectivity index (χ4n) is 3.11. The van der Waals surface area contributed by atoms with Crippen molar-refractivity contribution in [3.63, 3.8) is 0 Å². The van der Waals surface area contributed by atoms with Gasteiger partial charge in [-0.2, -0.15) is 4.98 Å². The van der Waals surface area contributed by atoms with E-state index in [9.17, 15) is 14.3 Å². The fraction of sp³-hybridized carbons (Fsp3) is 0.0870. The summed E-state index contributed by atoms with van der Waals surface area (Å²) in [6.07, 6.45) is 4.02. The number of amides is 1. The van der Waals surface area contributed by atoms with Crippen molar-refractivity contribution in [2.75, 3.05) is 11.9 Å². The van der Waals surface area contributed by atoms with Gasteiger partial charge in [0.25, 0.3) is 5.91 Å². The van der Waals surface area contributed by atoms with Crippen molar-refractivity contribution in [1.29, 1.82) is 0 Å². The molecule has 7 nitrogen and oxygen atoms in total. The lowest BCUT2D eigenvalue weighted by Gasteiger charge is -2.16. The normalized spacial score (nSPS) is 11.7. The number of carbonyl (C=O) groups excluding carboxylic acids is 1. The second kappa shape index (κ2) is 9.59. The van der Waals surface area contributed by atoms with Crippen LogP contribution in [0.25, 0.3) is 5.82 Å². The second-order valence-electron chi connectivity index (χ2n) is 6.90. The number of anilines is 2. The molecule has 1 amide bonds. The average Bonchev–Trinajstić information content (AvgIpc) is 3.31. The zero-order chi connectivity index (χ0) is 22.5. The molecule has 0 saturated carbocycles. The first kappa shape index (κ1) is 21.5. The number of nitrogens with zero attached hydrogens (tertiary/aromatic N) is 3. The Kier molecular flexibility index (Phi) is 6.44. The summed E-state index contributed by atoms with van der Waals surface area (Å²) < 4.78 is 15.8. The van der Waals surface area contributed by atoms with Crippen LogP contribution in [0.3, 0.4) is 0 Å². The van der Waals surface area contributed by atoms with E-state index in [0.29, 0.717) is 10.7 Å². The molecule has 2 heterocycles. The van der Waals surface area contributed by atoms with E-state index < -0.39 is 17.8 Å². The van der Waals surface area contributed by atoms with E-state index in [1.54, 1.807) is 24.3 Å². The Bertz CT molecular complexity index is 1230. The molecule has 2 aromatic carbocycles. The molecule has 0 aliphatic carbocycles. The van der Waals surface area contributed by atoms with Crippen molar-refractivity contribution >= 4 is 29.1 Å². The summed E-state index contributed by atoms with van der Waals surface area (Å²) in [4.78, 5) is 20.8. The van der Waals surface area contributed by atoms with E-state index in [0.717, 1.165) is 11.8 Å². The Morgan fingerprint density at radius 3 is 2.62 bits per heavy atom. The maximum absolute atomic E-state index is 14.4. The lowest BCUT2D eigenvalue weighted by Crippen LogP contribution is -2.30. The van der Waals surface area contributed by atoms with E-state index in [2.05, 4.69) is 20.6 Å². The average molecular weight is 452 g/mol. The molecule has 32 heavy (non-hydrogen) atoms. The van der Waals surface area contributed by atoms with Crippen molar-refractivity contribution in [3.8, 4) is 5.82 Å². The van der Waals surface area contributed by atoms with Gasteiger partial charge in [-0.3, -0.25) is 4.79 Å². The SMILES string of the molecule is O=C(NC(CO)c1ccccc1)c1ccn(-c2nc(Nc3ccccc3Cl)ncc2F)c1. The van der Waals surface area contributed by atoms with Gasteiger partial charge >= 0.3 is 0 Å². The number of aliphatic hydroxyl groups excluding tert-OH is 1. The Labute approximate surface area is 188 Å². The summed E-state index contributed by atoms with van der Waals surface area (Å²) >= 11 is 6.14. The highest BCUT2D eigenvalue weighted by molar-refractivity contribution is 6.33. The van der Waals surface area contributed by atoms with Crippen molar-refractivity contribution in [1.82, 2.24) is 19.9 Å². The number of aliphatic hydroxyl groups is 1. The highest BCUT2D eigenvalue weighted by Crippen LogP contribution is 2.24. The number of hydrogen-bond acceptors (Lipinski definition) is 5.